The molecule has 0 unspecified atom stereocenters. The van der Waals surface area contributed by atoms with Crippen LogP contribution < -0.4 is 5.32 Å². The van der Waals surface area contributed by atoms with Gasteiger partial charge in [-0.15, -0.1) is 0 Å². The molecule has 0 aliphatic heterocycles. The van der Waals surface area contributed by atoms with Gasteiger partial charge in [0.2, 0.25) is 0 Å². The summed E-state index contributed by atoms with van der Waals surface area (Å²) in [5.74, 6) is -0.205. The number of hydrogen-bond acceptors (Lipinski definition) is 3. The smallest absolute Gasteiger partial charge is 0.276 e. The maximum atomic E-state index is 12.1. The van der Waals surface area contributed by atoms with Crippen molar-refractivity contribution < 1.29 is 4.79 Å². The van der Waals surface area contributed by atoms with Crippen molar-refractivity contribution in [3.63, 3.8) is 0 Å². The number of anilines is 1. The summed E-state index contributed by atoms with van der Waals surface area (Å²) in [6.07, 6.45) is 2.94. The maximum Gasteiger partial charge on any atom is 0.276 e. The van der Waals surface area contributed by atoms with Crippen LogP contribution in [0.5, 0.6) is 0 Å². The van der Waals surface area contributed by atoms with Crippen molar-refractivity contribution in [2.45, 2.75) is 19.3 Å². The molecule has 0 spiro atoms. The maximum absolute atomic E-state index is 12.1. The third kappa shape index (κ3) is 2.08. The van der Waals surface area contributed by atoms with Gasteiger partial charge in [0.05, 0.1) is 11.6 Å². The number of hydrogen-bond donors (Lipinski definition) is 2. The summed E-state index contributed by atoms with van der Waals surface area (Å²) >= 11 is 0. The summed E-state index contributed by atoms with van der Waals surface area (Å²) in [5, 5.41) is 18.5. The van der Waals surface area contributed by atoms with E-state index >= 15 is 0 Å². The molecule has 0 saturated heterocycles. The number of fused-ring (bicyclic) bond motifs is 1. The van der Waals surface area contributed by atoms with Gasteiger partial charge in [-0.05, 0) is 43.5 Å². The van der Waals surface area contributed by atoms with Gasteiger partial charge in [-0.3, -0.25) is 9.89 Å². The van der Waals surface area contributed by atoms with Gasteiger partial charge in [-0.25, -0.2) is 0 Å². The number of aromatic nitrogens is 2. The van der Waals surface area contributed by atoms with E-state index in [4.69, 9.17) is 5.26 Å². The number of aryl methyl sites for hydroxylation is 1. The minimum absolute atomic E-state index is 0.205. The third-order valence-electron chi connectivity index (χ3n) is 3.29. The van der Waals surface area contributed by atoms with Crippen LogP contribution in [0.4, 0.5) is 5.69 Å². The lowest BCUT2D eigenvalue weighted by Crippen LogP contribution is -2.14. The number of carbonyl (C=O) groups excluding carboxylic acids is 1. The number of H-pyrrole nitrogens is 1. The first-order valence-corrected chi connectivity index (χ1v) is 6.15. The second-order valence-electron chi connectivity index (χ2n) is 4.53. The zero-order valence-corrected chi connectivity index (χ0v) is 10.2. The molecule has 5 heteroatoms. The van der Waals surface area contributed by atoms with E-state index in [1.54, 1.807) is 24.3 Å². The zero-order chi connectivity index (χ0) is 13.2. The average molecular weight is 252 g/mol. The van der Waals surface area contributed by atoms with Crippen LogP contribution in [0.3, 0.4) is 0 Å². The van der Waals surface area contributed by atoms with E-state index in [1.165, 1.54) is 0 Å². The van der Waals surface area contributed by atoms with Gasteiger partial charge in [-0.2, -0.15) is 10.4 Å². The van der Waals surface area contributed by atoms with Gasteiger partial charge < -0.3 is 5.32 Å². The number of aromatic amines is 1. The van der Waals surface area contributed by atoms with Gasteiger partial charge in [0.15, 0.2) is 5.69 Å². The first kappa shape index (κ1) is 11.5. The Bertz CT molecular complexity index is 664. The predicted octanol–water partition coefficient (Wildman–Crippen LogP) is 2.02. The Kier molecular flexibility index (Phi) is 2.76. The van der Waals surface area contributed by atoms with Gasteiger partial charge in [0.1, 0.15) is 0 Å². The summed E-state index contributed by atoms with van der Waals surface area (Å²) in [6.45, 7) is 0. The highest BCUT2D eigenvalue weighted by Gasteiger charge is 2.22. The third-order valence-corrected chi connectivity index (χ3v) is 3.29. The SMILES string of the molecule is N#Cc1ccc(NC(=O)c2n[nH]c3c2CCC3)cc1. The van der Waals surface area contributed by atoms with E-state index in [0.717, 1.165) is 30.5 Å². The summed E-state index contributed by atoms with van der Waals surface area (Å²) in [7, 11) is 0. The minimum atomic E-state index is -0.205. The van der Waals surface area contributed by atoms with Crippen molar-refractivity contribution in [2.24, 2.45) is 0 Å². The molecule has 3 rings (SSSR count). The number of benzene rings is 1. The quantitative estimate of drug-likeness (QED) is 0.857. The summed E-state index contributed by atoms with van der Waals surface area (Å²) in [6, 6.07) is 8.80. The molecular weight excluding hydrogens is 240 g/mol. The Morgan fingerprint density at radius 3 is 2.84 bits per heavy atom. The van der Waals surface area contributed by atoms with Crippen molar-refractivity contribution in [2.75, 3.05) is 5.32 Å². The van der Waals surface area contributed by atoms with Gasteiger partial charge >= 0.3 is 0 Å². The lowest BCUT2D eigenvalue weighted by molar-refractivity contribution is 0.102. The zero-order valence-electron chi connectivity index (χ0n) is 10.2. The highest BCUT2D eigenvalue weighted by atomic mass is 16.1. The molecule has 1 aliphatic rings. The number of nitrogens with zero attached hydrogens (tertiary/aromatic N) is 2. The minimum Gasteiger partial charge on any atom is -0.321 e. The summed E-state index contributed by atoms with van der Waals surface area (Å²) in [4.78, 5) is 12.1. The molecule has 19 heavy (non-hydrogen) atoms. The molecule has 5 nitrogen and oxygen atoms in total. The highest BCUT2D eigenvalue weighted by molar-refractivity contribution is 6.04. The van der Waals surface area contributed by atoms with Gasteiger partial charge in [0.25, 0.3) is 5.91 Å². The molecule has 1 heterocycles. The van der Waals surface area contributed by atoms with Crippen LogP contribution in [0, 0.1) is 11.3 Å². The summed E-state index contributed by atoms with van der Waals surface area (Å²) in [5.41, 5.74) is 3.82. The molecule has 0 radical (unpaired) electrons. The highest BCUT2D eigenvalue weighted by Crippen LogP contribution is 2.23. The Morgan fingerprint density at radius 2 is 2.11 bits per heavy atom. The fourth-order valence-electron chi connectivity index (χ4n) is 2.33. The fraction of sp³-hybridized carbons (Fsp3) is 0.214. The van der Waals surface area contributed by atoms with Gasteiger partial charge in [0, 0.05) is 16.9 Å². The molecule has 0 fully saturated rings. The number of carbonyl (C=O) groups is 1. The van der Waals surface area contributed by atoms with E-state index in [9.17, 15) is 4.79 Å². The van der Waals surface area contributed by atoms with Crippen molar-refractivity contribution in [3.8, 4) is 6.07 Å². The number of amides is 1. The van der Waals surface area contributed by atoms with E-state index in [0.29, 0.717) is 16.9 Å². The van der Waals surface area contributed by atoms with Crippen LogP contribution in [0.1, 0.15) is 33.7 Å². The lowest BCUT2D eigenvalue weighted by Gasteiger charge is -2.04. The first-order chi connectivity index (χ1) is 9.28. The summed E-state index contributed by atoms with van der Waals surface area (Å²) < 4.78 is 0. The normalized spacial score (nSPS) is 12.8. The van der Waals surface area contributed by atoms with Crippen molar-refractivity contribution in [3.05, 3.63) is 46.8 Å². The number of nitriles is 1. The van der Waals surface area contributed by atoms with E-state index < -0.39 is 0 Å². The Hall–Kier alpha value is -2.61. The predicted molar refractivity (Wildman–Crippen MR) is 69.7 cm³/mol. The largest absolute Gasteiger partial charge is 0.321 e. The Morgan fingerprint density at radius 1 is 1.32 bits per heavy atom. The average Bonchev–Trinajstić information content (AvgIpc) is 3.01. The fourth-order valence-corrected chi connectivity index (χ4v) is 2.33. The van der Waals surface area contributed by atoms with Crippen LogP contribution in [-0.2, 0) is 12.8 Å². The van der Waals surface area contributed by atoms with Crippen LogP contribution in [-0.4, -0.2) is 16.1 Å². The molecule has 1 aliphatic carbocycles. The monoisotopic (exact) mass is 252 g/mol. The first-order valence-electron chi connectivity index (χ1n) is 6.15. The van der Waals surface area contributed by atoms with Crippen LogP contribution in [0.2, 0.25) is 0 Å². The molecule has 1 amide bonds. The molecule has 1 aromatic carbocycles. The second kappa shape index (κ2) is 4.58. The van der Waals surface area contributed by atoms with E-state index in [2.05, 4.69) is 15.5 Å². The van der Waals surface area contributed by atoms with Crippen LogP contribution >= 0.6 is 0 Å². The van der Waals surface area contributed by atoms with E-state index in [-0.39, 0.29) is 5.91 Å². The number of rotatable bonds is 2. The molecule has 0 bridgehead atoms. The van der Waals surface area contributed by atoms with Crippen molar-refractivity contribution in [1.29, 1.82) is 5.26 Å². The lowest BCUT2D eigenvalue weighted by atomic mass is 10.2. The molecule has 94 valence electrons. The standard InChI is InChI=1S/C14H12N4O/c15-8-9-4-6-10(7-5-9)16-14(19)13-11-2-1-3-12(11)17-18-13/h4-7H,1-3H2,(H,16,19)(H,17,18). The molecule has 2 N–H and O–H groups in total. The number of nitrogens with one attached hydrogen (secondary N) is 2. The van der Waals surface area contributed by atoms with Gasteiger partial charge in [-0.1, -0.05) is 0 Å². The molecule has 0 atom stereocenters. The molecular formula is C14H12N4O. The van der Waals surface area contributed by atoms with E-state index in [1.807, 2.05) is 6.07 Å². The van der Waals surface area contributed by atoms with Crippen molar-refractivity contribution in [1.82, 2.24) is 10.2 Å². The van der Waals surface area contributed by atoms with Crippen LogP contribution in [0.15, 0.2) is 24.3 Å². The molecule has 2 aromatic rings. The second-order valence-corrected chi connectivity index (χ2v) is 4.53. The van der Waals surface area contributed by atoms with Crippen LogP contribution in [0.25, 0.3) is 0 Å². The Balaban J connectivity index is 1.79. The van der Waals surface area contributed by atoms with Crippen molar-refractivity contribution >= 4 is 11.6 Å². The topological polar surface area (TPSA) is 81.6 Å². The molecule has 1 aromatic heterocycles. The molecule has 0 saturated carbocycles. The Labute approximate surface area is 110 Å².